The van der Waals surface area contributed by atoms with E-state index in [-0.39, 0.29) is 23.5 Å². The summed E-state index contributed by atoms with van der Waals surface area (Å²) in [4.78, 5) is 16.6. The fourth-order valence-corrected chi connectivity index (χ4v) is 3.39. The first-order valence-electron chi connectivity index (χ1n) is 10.0. The molecule has 0 amide bonds. The Hall–Kier alpha value is -2.66. The maximum Gasteiger partial charge on any atom is 0.323 e. The second-order valence-electron chi connectivity index (χ2n) is 8.39. The van der Waals surface area contributed by atoms with Crippen molar-refractivity contribution >= 4 is 11.9 Å². The predicted octanol–water partition coefficient (Wildman–Crippen LogP) is 4.20. The van der Waals surface area contributed by atoms with Crippen molar-refractivity contribution < 1.29 is 14.3 Å². The van der Waals surface area contributed by atoms with Crippen LogP contribution in [0.5, 0.6) is 0 Å². The smallest absolute Gasteiger partial charge is 0.323 e. The molecule has 0 aliphatic carbocycles. The Balaban J connectivity index is 1.77. The first-order chi connectivity index (χ1) is 13.8. The lowest BCUT2D eigenvalue weighted by atomic mass is 9.98. The zero-order chi connectivity index (χ0) is 21.0. The number of benzene rings is 2. The van der Waals surface area contributed by atoms with Gasteiger partial charge in [-0.05, 0) is 42.5 Å². The number of carbonyl (C=O) groups excluding carboxylic acids is 1. The monoisotopic (exact) mass is 394 g/mol. The Bertz CT molecular complexity index is 885. The third-order valence-corrected chi connectivity index (χ3v) is 5.04. The van der Waals surface area contributed by atoms with E-state index in [1.54, 1.807) is 0 Å². The molecule has 1 N–H and O–H groups in total. The minimum atomic E-state index is -0.318. The molecule has 0 bridgehead atoms. The summed E-state index contributed by atoms with van der Waals surface area (Å²) in [6.45, 7) is 9.35. The second kappa shape index (κ2) is 8.78. The molecule has 2 aromatic carbocycles. The van der Waals surface area contributed by atoms with Crippen LogP contribution in [-0.2, 0) is 20.8 Å². The SMILES string of the molecule is COC(=O)[C@@H](NCc1ccc(-c2ccccc2C2=NC(C)(C)CO2)cc1)C(C)C. The Labute approximate surface area is 173 Å². The van der Waals surface area contributed by atoms with E-state index in [0.29, 0.717) is 19.0 Å². The van der Waals surface area contributed by atoms with Gasteiger partial charge in [0.25, 0.3) is 0 Å². The largest absolute Gasteiger partial charge is 0.475 e. The maximum atomic E-state index is 11.9. The van der Waals surface area contributed by atoms with Gasteiger partial charge < -0.3 is 14.8 Å². The molecule has 0 aromatic heterocycles. The zero-order valence-electron chi connectivity index (χ0n) is 17.9. The van der Waals surface area contributed by atoms with Crippen LogP contribution in [-0.4, -0.2) is 37.2 Å². The van der Waals surface area contributed by atoms with Gasteiger partial charge in [-0.2, -0.15) is 0 Å². The molecule has 29 heavy (non-hydrogen) atoms. The van der Waals surface area contributed by atoms with Gasteiger partial charge in [0.15, 0.2) is 0 Å². The number of hydrogen-bond acceptors (Lipinski definition) is 5. The highest BCUT2D eigenvalue weighted by molar-refractivity contribution is 6.01. The van der Waals surface area contributed by atoms with Gasteiger partial charge in [0.05, 0.1) is 12.6 Å². The van der Waals surface area contributed by atoms with Crippen LogP contribution in [0.2, 0.25) is 0 Å². The topological polar surface area (TPSA) is 59.9 Å². The highest BCUT2D eigenvalue weighted by Crippen LogP contribution is 2.29. The van der Waals surface area contributed by atoms with Crippen LogP contribution < -0.4 is 5.32 Å². The summed E-state index contributed by atoms with van der Waals surface area (Å²) in [5.41, 5.74) is 4.13. The Morgan fingerprint density at radius 3 is 2.34 bits per heavy atom. The van der Waals surface area contributed by atoms with Gasteiger partial charge in [-0.25, -0.2) is 4.99 Å². The molecule has 1 heterocycles. The van der Waals surface area contributed by atoms with Gasteiger partial charge >= 0.3 is 5.97 Å². The van der Waals surface area contributed by atoms with Gasteiger partial charge in [-0.1, -0.05) is 56.3 Å². The lowest BCUT2D eigenvalue weighted by molar-refractivity contribution is -0.144. The molecular formula is C24H30N2O3. The van der Waals surface area contributed by atoms with E-state index >= 15 is 0 Å². The molecule has 0 radical (unpaired) electrons. The molecule has 0 unspecified atom stereocenters. The van der Waals surface area contributed by atoms with Crippen molar-refractivity contribution in [2.75, 3.05) is 13.7 Å². The fraction of sp³-hybridized carbons (Fsp3) is 0.417. The third kappa shape index (κ3) is 5.04. The predicted molar refractivity (Wildman–Crippen MR) is 116 cm³/mol. The van der Waals surface area contributed by atoms with Crippen molar-refractivity contribution in [1.29, 1.82) is 0 Å². The van der Waals surface area contributed by atoms with E-state index < -0.39 is 0 Å². The first-order valence-corrected chi connectivity index (χ1v) is 10.0. The summed E-state index contributed by atoms with van der Waals surface area (Å²) in [7, 11) is 1.42. The van der Waals surface area contributed by atoms with Crippen LogP contribution in [0.25, 0.3) is 11.1 Å². The number of hydrogen-bond donors (Lipinski definition) is 1. The standard InChI is InChI=1S/C24H30N2O3/c1-16(2)21(23(27)28-5)25-14-17-10-12-18(13-11-17)19-8-6-7-9-20(19)22-26-24(3,4)15-29-22/h6-13,16,21,25H,14-15H2,1-5H3/t21-/m0/s1. The third-order valence-electron chi connectivity index (χ3n) is 5.04. The summed E-state index contributed by atoms with van der Waals surface area (Å²) in [5, 5.41) is 3.30. The number of aliphatic imine (C=N–C) groups is 1. The minimum Gasteiger partial charge on any atom is -0.475 e. The molecule has 1 aliphatic rings. The Kier molecular flexibility index (Phi) is 6.38. The van der Waals surface area contributed by atoms with Crippen LogP contribution in [0, 0.1) is 5.92 Å². The molecule has 154 valence electrons. The summed E-state index contributed by atoms with van der Waals surface area (Å²) in [5.74, 6) is 0.630. The average molecular weight is 395 g/mol. The molecule has 3 rings (SSSR count). The van der Waals surface area contributed by atoms with Gasteiger partial charge in [-0.15, -0.1) is 0 Å². The molecule has 5 heteroatoms. The minimum absolute atomic E-state index is 0.157. The lowest BCUT2D eigenvalue weighted by Crippen LogP contribution is -2.41. The van der Waals surface area contributed by atoms with Crippen molar-refractivity contribution in [3.8, 4) is 11.1 Å². The molecule has 1 atom stereocenters. The van der Waals surface area contributed by atoms with Crippen molar-refractivity contribution in [2.45, 2.75) is 45.8 Å². The highest BCUT2D eigenvalue weighted by Gasteiger charge is 2.28. The quantitative estimate of drug-likeness (QED) is 0.715. The molecule has 0 spiro atoms. The number of nitrogens with zero attached hydrogens (tertiary/aromatic N) is 1. The average Bonchev–Trinajstić information content (AvgIpc) is 3.07. The molecule has 0 saturated heterocycles. The van der Waals surface area contributed by atoms with E-state index in [0.717, 1.165) is 22.3 Å². The van der Waals surface area contributed by atoms with Crippen molar-refractivity contribution in [3.63, 3.8) is 0 Å². The molecule has 0 fully saturated rings. The van der Waals surface area contributed by atoms with E-state index in [2.05, 4.69) is 55.6 Å². The van der Waals surface area contributed by atoms with Gasteiger partial charge in [0.1, 0.15) is 12.6 Å². The molecular weight excluding hydrogens is 364 g/mol. The van der Waals surface area contributed by atoms with Gasteiger partial charge in [0.2, 0.25) is 5.90 Å². The van der Waals surface area contributed by atoms with Crippen molar-refractivity contribution in [3.05, 3.63) is 59.7 Å². The Morgan fingerprint density at radius 2 is 1.79 bits per heavy atom. The van der Waals surface area contributed by atoms with Crippen LogP contribution >= 0.6 is 0 Å². The summed E-state index contributed by atoms with van der Waals surface area (Å²) in [6, 6.07) is 16.2. The van der Waals surface area contributed by atoms with E-state index in [1.165, 1.54) is 7.11 Å². The number of esters is 1. The lowest BCUT2D eigenvalue weighted by Gasteiger charge is -2.20. The number of carbonyl (C=O) groups is 1. The maximum absolute atomic E-state index is 11.9. The Morgan fingerprint density at radius 1 is 1.14 bits per heavy atom. The summed E-state index contributed by atoms with van der Waals surface area (Å²) in [6.07, 6.45) is 0. The zero-order valence-corrected chi connectivity index (χ0v) is 17.9. The second-order valence-corrected chi connectivity index (χ2v) is 8.39. The molecule has 1 aliphatic heterocycles. The number of ether oxygens (including phenoxy) is 2. The van der Waals surface area contributed by atoms with Crippen molar-refractivity contribution in [2.24, 2.45) is 10.9 Å². The normalized spacial score (nSPS) is 16.3. The molecule has 2 aromatic rings. The van der Waals surface area contributed by atoms with Crippen LogP contribution in [0.1, 0.15) is 38.8 Å². The summed E-state index contributed by atoms with van der Waals surface area (Å²) < 4.78 is 10.7. The van der Waals surface area contributed by atoms with Crippen molar-refractivity contribution in [1.82, 2.24) is 5.32 Å². The van der Waals surface area contributed by atoms with Gasteiger partial charge in [-0.3, -0.25) is 4.79 Å². The fourth-order valence-electron chi connectivity index (χ4n) is 3.39. The number of methoxy groups -OCH3 is 1. The van der Waals surface area contributed by atoms with E-state index in [4.69, 9.17) is 14.5 Å². The summed E-state index contributed by atoms with van der Waals surface area (Å²) >= 11 is 0. The highest BCUT2D eigenvalue weighted by atomic mass is 16.5. The number of rotatable bonds is 7. The van der Waals surface area contributed by atoms with Crippen LogP contribution in [0.3, 0.4) is 0 Å². The molecule has 0 saturated carbocycles. The van der Waals surface area contributed by atoms with E-state index in [9.17, 15) is 4.79 Å². The number of nitrogens with one attached hydrogen (secondary N) is 1. The van der Waals surface area contributed by atoms with Gasteiger partial charge in [0, 0.05) is 12.1 Å². The molecule has 5 nitrogen and oxygen atoms in total. The van der Waals surface area contributed by atoms with E-state index in [1.807, 2.05) is 26.0 Å². The van der Waals surface area contributed by atoms with Crippen LogP contribution in [0.15, 0.2) is 53.5 Å². The van der Waals surface area contributed by atoms with Crippen LogP contribution in [0.4, 0.5) is 0 Å². The first kappa shape index (κ1) is 21.1.